The summed E-state index contributed by atoms with van der Waals surface area (Å²) in [5.41, 5.74) is 1.20. The highest BCUT2D eigenvalue weighted by Gasteiger charge is 2.15. The summed E-state index contributed by atoms with van der Waals surface area (Å²) in [5.74, 6) is 0.659. The molecule has 132 valence electrons. The molecule has 0 bridgehead atoms. The Morgan fingerprint density at radius 3 is 2.50 bits per heavy atom. The average Bonchev–Trinajstić information content (AvgIpc) is 2.67. The number of anilines is 1. The van der Waals surface area contributed by atoms with E-state index in [4.69, 9.17) is 21.7 Å². The predicted molar refractivity (Wildman–Crippen MR) is 107 cm³/mol. The third kappa shape index (κ3) is 3.75. The molecular weight excluding hydrogens is 348 g/mol. The number of carbonyl (C=O) groups excluding carboxylic acids is 1. The fourth-order valence-corrected chi connectivity index (χ4v) is 2.85. The van der Waals surface area contributed by atoms with E-state index < -0.39 is 0 Å². The van der Waals surface area contributed by atoms with Crippen LogP contribution in [0.2, 0.25) is 0 Å². The van der Waals surface area contributed by atoms with E-state index in [9.17, 15) is 4.79 Å². The van der Waals surface area contributed by atoms with Gasteiger partial charge in [-0.05, 0) is 35.8 Å². The highest BCUT2D eigenvalue weighted by Crippen LogP contribution is 2.25. The number of benzene rings is 3. The molecule has 6 heteroatoms. The molecule has 0 heterocycles. The van der Waals surface area contributed by atoms with Crippen molar-refractivity contribution in [3.63, 3.8) is 0 Å². The van der Waals surface area contributed by atoms with Gasteiger partial charge in [-0.2, -0.15) is 0 Å². The molecule has 0 spiro atoms. The SMILES string of the molecule is COc1ccc(C(=O)NC(=S)Nc2cccc3ccccc23)c(OC)c1. The summed E-state index contributed by atoms with van der Waals surface area (Å²) < 4.78 is 10.4. The summed E-state index contributed by atoms with van der Waals surface area (Å²) in [7, 11) is 3.05. The van der Waals surface area contributed by atoms with Crippen molar-refractivity contribution >= 4 is 39.7 Å². The van der Waals surface area contributed by atoms with Crippen molar-refractivity contribution in [3.05, 3.63) is 66.2 Å². The quantitative estimate of drug-likeness (QED) is 0.684. The lowest BCUT2D eigenvalue weighted by Crippen LogP contribution is -2.34. The van der Waals surface area contributed by atoms with E-state index in [2.05, 4.69) is 10.6 Å². The Morgan fingerprint density at radius 1 is 0.962 bits per heavy atom. The lowest BCUT2D eigenvalue weighted by molar-refractivity contribution is 0.0974. The Labute approximate surface area is 156 Å². The van der Waals surface area contributed by atoms with Gasteiger partial charge in [-0.1, -0.05) is 36.4 Å². The topological polar surface area (TPSA) is 59.6 Å². The molecule has 1 amide bonds. The molecule has 0 saturated heterocycles. The Hall–Kier alpha value is -3.12. The van der Waals surface area contributed by atoms with Crippen LogP contribution in [0.3, 0.4) is 0 Å². The van der Waals surface area contributed by atoms with Gasteiger partial charge in [0, 0.05) is 17.1 Å². The molecule has 2 N–H and O–H groups in total. The first-order chi connectivity index (χ1) is 12.6. The maximum atomic E-state index is 12.5. The molecule has 0 aliphatic heterocycles. The predicted octanol–water partition coefficient (Wildman–Crippen LogP) is 3.98. The van der Waals surface area contributed by atoms with E-state index >= 15 is 0 Å². The van der Waals surface area contributed by atoms with Gasteiger partial charge in [0.2, 0.25) is 0 Å². The number of hydrogen-bond acceptors (Lipinski definition) is 4. The van der Waals surface area contributed by atoms with Crippen LogP contribution < -0.4 is 20.1 Å². The van der Waals surface area contributed by atoms with Crippen molar-refractivity contribution in [3.8, 4) is 11.5 Å². The summed E-state index contributed by atoms with van der Waals surface area (Å²) in [6.07, 6.45) is 0. The first-order valence-electron chi connectivity index (χ1n) is 7.94. The van der Waals surface area contributed by atoms with Crippen molar-refractivity contribution in [2.75, 3.05) is 19.5 Å². The summed E-state index contributed by atoms with van der Waals surface area (Å²) in [6.45, 7) is 0. The summed E-state index contributed by atoms with van der Waals surface area (Å²) in [4.78, 5) is 12.5. The van der Waals surface area contributed by atoms with Gasteiger partial charge in [0.25, 0.3) is 5.91 Å². The highest BCUT2D eigenvalue weighted by atomic mass is 32.1. The van der Waals surface area contributed by atoms with E-state index in [-0.39, 0.29) is 11.0 Å². The smallest absolute Gasteiger partial charge is 0.261 e. The number of methoxy groups -OCH3 is 2. The molecule has 0 aromatic heterocycles. The normalized spacial score (nSPS) is 10.2. The van der Waals surface area contributed by atoms with Crippen LogP contribution in [0.15, 0.2) is 60.7 Å². The number of rotatable bonds is 4. The van der Waals surface area contributed by atoms with Crippen molar-refractivity contribution < 1.29 is 14.3 Å². The van der Waals surface area contributed by atoms with Crippen LogP contribution >= 0.6 is 12.2 Å². The minimum atomic E-state index is -0.359. The second-order valence-electron chi connectivity index (χ2n) is 5.50. The summed E-state index contributed by atoms with van der Waals surface area (Å²) in [6, 6.07) is 18.8. The van der Waals surface area contributed by atoms with Crippen molar-refractivity contribution in [2.45, 2.75) is 0 Å². The van der Waals surface area contributed by atoms with Gasteiger partial charge >= 0.3 is 0 Å². The largest absolute Gasteiger partial charge is 0.497 e. The van der Waals surface area contributed by atoms with Gasteiger partial charge in [0.15, 0.2) is 5.11 Å². The van der Waals surface area contributed by atoms with Crippen LogP contribution in [-0.2, 0) is 0 Å². The van der Waals surface area contributed by atoms with E-state index in [1.165, 1.54) is 7.11 Å². The molecule has 0 aliphatic rings. The third-order valence-corrected chi connectivity index (χ3v) is 4.12. The van der Waals surface area contributed by atoms with E-state index in [1.54, 1.807) is 25.3 Å². The molecule has 26 heavy (non-hydrogen) atoms. The van der Waals surface area contributed by atoms with Gasteiger partial charge in [0.05, 0.1) is 19.8 Å². The second-order valence-corrected chi connectivity index (χ2v) is 5.91. The molecule has 3 rings (SSSR count). The third-order valence-electron chi connectivity index (χ3n) is 3.92. The van der Waals surface area contributed by atoms with Crippen LogP contribution in [0.5, 0.6) is 11.5 Å². The van der Waals surface area contributed by atoms with Gasteiger partial charge in [0.1, 0.15) is 11.5 Å². The minimum Gasteiger partial charge on any atom is -0.497 e. The molecule has 0 radical (unpaired) electrons. The standard InChI is InChI=1S/C20H18N2O3S/c1-24-14-10-11-16(18(12-14)25-2)19(23)22-20(26)21-17-9-5-7-13-6-3-4-8-15(13)17/h3-12H,1-2H3,(H2,21,22,23,26). The molecular formula is C20H18N2O3S. The molecule has 3 aromatic rings. The maximum Gasteiger partial charge on any atom is 0.261 e. The highest BCUT2D eigenvalue weighted by molar-refractivity contribution is 7.80. The number of carbonyl (C=O) groups is 1. The second kappa shape index (κ2) is 7.84. The van der Waals surface area contributed by atoms with Crippen LogP contribution in [0, 0.1) is 0 Å². The molecule has 0 fully saturated rings. The number of ether oxygens (including phenoxy) is 2. The Balaban J connectivity index is 1.76. The molecule has 3 aromatic carbocycles. The number of fused-ring (bicyclic) bond motifs is 1. The first-order valence-corrected chi connectivity index (χ1v) is 8.35. The van der Waals surface area contributed by atoms with Crippen LogP contribution in [0.1, 0.15) is 10.4 Å². The number of nitrogens with one attached hydrogen (secondary N) is 2. The zero-order chi connectivity index (χ0) is 18.5. The number of hydrogen-bond donors (Lipinski definition) is 2. The molecule has 5 nitrogen and oxygen atoms in total. The fourth-order valence-electron chi connectivity index (χ4n) is 2.64. The van der Waals surface area contributed by atoms with Crippen molar-refractivity contribution in [1.29, 1.82) is 0 Å². The molecule has 0 atom stereocenters. The van der Waals surface area contributed by atoms with Gasteiger partial charge in [-0.25, -0.2) is 0 Å². The van der Waals surface area contributed by atoms with Gasteiger partial charge < -0.3 is 14.8 Å². The van der Waals surface area contributed by atoms with E-state index in [0.717, 1.165) is 16.5 Å². The van der Waals surface area contributed by atoms with Crippen molar-refractivity contribution in [1.82, 2.24) is 5.32 Å². The van der Waals surface area contributed by atoms with Gasteiger partial charge in [-0.3, -0.25) is 10.1 Å². The Kier molecular flexibility index (Phi) is 5.34. The Bertz CT molecular complexity index is 967. The summed E-state index contributed by atoms with van der Waals surface area (Å²) >= 11 is 5.29. The first kappa shape index (κ1) is 17.7. The van der Waals surface area contributed by atoms with Crippen molar-refractivity contribution in [2.24, 2.45) is 0 Å². The Morgan fingerprint density at radius 2 is 1.73 bits per heavy atom. The lowest BCUT2D eigenvalue weighted by atomic mass is 10.1. The number of amides is 1. The van der Waals surface area contributed by atoms with Crippen LogP contribution in [-0.4, -0.2) is 25.2 Å². The zero-order valence-electron chi connectivity index (χ0n) is 14.4. The fraction of sp³-hybridized carbons (Fsp3) is 0.100. The molecule has 0 saturated carbocycles. The lowest BCUT2D eigenvalue weighted by Gasteiger charge is -2.13. The van der Waals surface area contributed by atoms with Gasteiger partial charge in [-0.15, -0.1) is 0 Å². The zero-order valence-corrected chi connectivity index (χ0v) is 15.2. The molecule has 0 unspecified atom stereocenters. The van der Waals surface area contributed by atoms with E-state index in [0.29, 0.717) is 17.1 Å². The average molecular weight is 366 g/mol. The number of thiocarbonyl (C=S) groups is 1. The summed E-state index contributed by atoms with van der Waals surface area (Å²) in [5, 5.41) is 8.08. The molecule has 0 aliphatic carbocycles. The van der Waals surface area contributed by atoms with Crippen LogP contribution in [0.25, 0.3) is 10.8 Å². The van der Waals surface area contributed by atoms with E-state index in [1.807, 2.05) is 42.5 Å². The maximum absolute atomic E-state index is 12.5. The van der Waals surface area contributed by atoms with Crippen LogP contribution in [0.4, 0.5) is 5.69 Å². The monoisotopic (exact) mass is 366 g/mol. The minimum absolute atomic E-state index is 0.212.